The monoisotopic (exact) mass is 485 g/mol. The van der Waals surface area contributed by atoms with E-state index in [0.29, 0.717) is 30.9 Å². The molecule has 5 rings (SSSR count). The normalized spacial score (nSPS) is 18.4. The Morgan fingerprint density at radius 2 is 1.44 bits per heavy atom. The maximum absolute atomic E-state index is 13.3. The standard InChI is InChI=1S/C31H35NO4/c1-5-32-23-8-6-10-25(33)30(23)29(31-24(32)9-7-11-26(31)34)22-12-13-27(28(17-22)35-4)36-18-21-15-19(2)14-20(3)16-21/h12-17,29H,5-11,18H2,1-4H3. The summed E-state index contributed by atoms with van der Waals surface area (Å²) in [6.07, 6.45) is 4.57. The van der Waals surface area contributed by atoms with E-state index in [1.165, 1.54) is 11.1 Å². The summed E-state index contributed by atoms with van der Waals surface area (Å²) in [5.41, 5.74) is 8.28. The smallest absolute Gasteiger partial charge is 0.161 e. The summed E-state index contributed by atoms with van der Waals surface area (Å²) in [7, 11) is 1.63. The number of nitrogens with zero attached hydrogens (tertiary/aromatic N) is 1. The molecule has 0 N–H and O–H groups in total. The third kappa shape index (κ3) is 4.36. The topological polar surface area (TPSA) is 55.8 Å². The Morgan fingerprint density at radius 1 is 0.833 bits per heavy atom. The van der Waals surface area contributed by atoms with Gasteiger partial charge in [-0.3, -0.25) is 9.59 Å². The largest absolute Gasteiger partial charge is 0.493 e. The molecule has 0 spiro atoms. The molecule has 0 atom stereocenters. The van der Waals surface area contributed by atoms with Crippen molar-refractivity contribution in [2.45, 2.75) is 71.8 Å². The first kappa shape index (κ1) is 24.4. The van der Waals surface area contributed by atoms with Gasteiger partial charge >= 0.3 is 0 Å². The van der Waals surface area contributed by atoms with Crippen LogP contribution >= 0.6 is 0 Å². The van der Waals surface area contributed by atoms with Crippen molar-refractivity contribution in [3.8, 4) is 11.5 Å². The second-order valence-electron chi connectivity index (χ2n) is 10.1. The number of rotatable bonds is 6. The van der Waals surface area contributed by atoms with Crippen LogP contribution in [-0.2, 0) is 16.2 Å². The molecule has 1 heterocycles. The van der Waals surface area contributed by atoms with Crippen molar-refractivity contribution < 1.29 is 19.1 Å². The summed E-state index contributed by atoms with van der Waals surface area (Å²) < 4.78 is 11.9. The Labute approximate surface area is 213 Å². The van der Waals surface area contributed by atoms with Crippen LogP contribution in [-0.4, -0.2) is 30.1 Å². The molecule has 2 aromatic carbocycles. The zero-order valence-corrected chi connectivity index (χ0v) is 21.8. The SMILES string of the molecule is CCN1C2=C(C(=O)CCC2)C(c2ccc(OCc3cc(C)cc(C)c3)c(OC)c2)C2=C1CCCC2=O. The van der Waals surface area contributed by atoms with Crippen molar-refractivity contribution in [1.29, 1.82) is 0 Å². The van der Waals surface area contributed by atoms with Gasteiger partial charge < -0.3 is 14.4 Å². The van der Waals surface area contributed by atoms with E-state index < -0.39 is 0 Å². The van der Waals surface area contributed by atoms with Crippen molar-refractivity contribution in [3.63, 3.8) is 0 Å². The summed E-state index contributed by atoms with van der Waals surface area (Å²) >= 11 is 0. The van der Waals surface area contributed by atoms with E-state index in [1.807, 2.05) is 18.2 Å². The molecule has 3 aliphatic rings. The molecule has 2 aliphatic carbocycles. The molecule has 5 nitrogen and oxygen atoms in total. The third-order valence-electron chi connectivity index (χ3n) is 7.60. The molecular formula is C31H35NO4. The van der Waals surface area contributed by atoms with Crippen molar-refractivity contribution in [2.75, 3.05) is 13.7 Å². The van der Waals surface area contributed by atoms with Crippen LogP contribution < -0.4 is 9.47 Å². The van der Waals surface area contributed by atoms with Gasteiger partial charge in [0, 0.05) is 47.8 Å². The third-order valence-corrected chi connectivity index (χ3v) is 7.60. The lowest BCUT2D eigenvalue weighted by molar-refractivity contribution is -0.117. The van der Waals surface area contributed by atoms with Gasteiger partial charge in [-0.1, -0.05) is 35.4 Å². The molecule has 5 heteroatoms. The first-order valence-electron chi connectivity index (χ1n) is 13.1. The van der Waals surface area contributed by atoms with Crippen LogP contribution in [0.25, 0.3) is 0 Å². The summed E-state index contributed by atoms with van der Waals surface area (Å²) in [5, 5.41) is 0. The van der Waals surface area contributed by atoms with Crippen molar-refractivity contribution in [1.82, 2.24) is 4.90 Å². The van der Waals surface area contributed by atoms with E-state index in [4.69, 9.17) is 9.47 Å². The van der Waals surface area contributed by atoms with Gasteiger partial charge in [-0.05, 0) is 69.7 Å². The van der Waals surface area contributed by atoms with Crippen LogP contribution in [0.15, 0.2) is 58.9 Å². The lowest BCUT2D eigenvalue weighted by atomic mass is 9.71. The minimum Gasteiger partial charge on any atom is -0.493 e. The number of allylic oxidation sites excluding steroid dienone is 4. The van der Waals surface area contributed by atoms with Gasteiger partial charge in [-0.15, -0.1) is 0 Å². The highest BCUT2D eigenvalue weighted by Crippen LogP contribution is 2.50. The van der Waals surface area contributed by atoms with E-state index in [9.17, 15) is 9.59 Å². The second-order valence-corrected chi connectivity index (χ2v) is 10.1. The average molecular weight is 486 g/mol. The molecule has 0 unspecified atom stereocenters. The number of hydrogen-bond donors (Lipinski definition) is 0. The molecule has 0 bridgehead atoms. The quantitative estimate of drug-likeness (QED) is 0.479. The van der Waals surface area contributed by atoms with E-state index in [0.717, 1.165) is 65.9 Å². The van der Waals surface area contributed by atoms with E-state index in [1.54, 1.807) is 7.11 Å². The number of ketones is 2. The van der Waals surface area contributed by atoms with Crippen LogP contribution in [0.2, 0.25) is 0 Å². The van der Waals surface area contributed by atoms with E-state index in [2.05, 4.69) is 43.9 Å². The molecule has 36 heavy (non-hydrogen) atoms. The molecule has 0 radical (unpaired) electrons. The van der Waals surface area contributed by atoms with Crippen molar-refractivity contribution in [2.24, 2.45) is 0 Å². The van der Waals surface area contributed by atoms with Gasteiger partial charge in [-0.25, -0.2) is 0 Å². The summed E-state index contributed by atoms with van der Waals surface area (Å²) in [5.74, 6) is 1.27. The first-order valence-corrected chi connectivity index (χ1v) is 13.1. The molecule has 0 saturated carbocycles. The Balaban J connectivity index is 1.54. The number of methoxy groups -OCH3 is 1. The predicted octanol–water partition coefficient (Wildman–Crippen LogP) is 6.32. The van der Waals surface area contributed by atoms with Crippen LogP contribution in [0.5, 0.6) is 11.5 Å². The average Bonchev–Trinajstić information content (AvgIpc) is 2.86. The number of aryl methyl sites for hydroxylation is 2. The molecule has 1 aliphatic heterocycles. The number of carbonyl (C=O) groups excluding carboxylic acids is 2. The number of hydrogen-bond acceptors (Lipinski definition) is 5. The highest BCUT2D eigenvalue weighted by Gasteiger charge is 2.43. The molecule has 188 valence electrons. The van der Waals surface area contributed by atoms with Crippen molar-refractivity contribution in [3.05, 3.63) is 81.2 Å². The number of Topliss-reactive ketones (excluding diaryl/α,β-unsaturated/α-hetero) is 2. The van der Waals surface area contributed by atoms with Gasteiger partial charge in [0.2, 0.25) is 0 Å². The summed E-state index contributed by atoms with van der Waals surface area (Å²) in [6, 6.07) is 12.3. The van der Waals surface area contributed by atoms with Gasteiger partial charge in [0.05, 0.1) is 7.11 Å². The Hall–Kier alpha value is -3.34. The van der Waals surface area contributed by atoms with Gasteiger partial charge in [0.1, 0.15) is 6.61 Å². The number of carbonyl (C=O) groups is 2. The van der Waals surface area contributed by atoms with E-state index >= 15 is 0 Å². The second kappa shape index (κ2) is 9.96. The highest BCUT2D eigenvalue weighted by molar-refractivity contribution is 6.06. The first-order chi connectivity index (χ1) is 17.4. The molecule has 0 amide bonds. The molecule has 2 aromatic rings. The lowest BCUT2D eigenvalue weighted by Crippen LogP contribution is -2.39. The number of ether oxygens (including phenoxy) is 2. The van der Waals surface area contributed by atoms with Gasteiger partial charge in [0.25, 0.3) is 0 Å². The van der Waals surface area contributed by atoms with Crippen LogP contribution in [0.1, 0.15) is 73.6 Å². The van der Waals surface area contributed by atoms with Crippen LogP contribution in [0.4, 0.5) is 0 Å². The molecular weight excluding hydrogens is 450 g/mol. The fourth-order valence-electron chi connectivity index (χ4n) is 6.23. The Morgan fingerprint density at radius 3 is 2.00 bits per heavy atom. The highest BCUT2D eigenvalue weighted by atomic mass is 16.5. The summed E-state index contributed by atoms with van der Waals surface area (Å²) in [4.78, 5) is 28.9. The molecule has 0 fully saturated rings. The fraction of sp³-hybridized carbons (Fsp3) is 0.419. The Kier molecular flexibility index (Phi) is 6.74. The fourth-order valence-corrected chi connectivity index (χ4v) is 6.23. The van der Waals surface area contributed by atoms with Gasteiger partial charge in [0.15, 0.2) is 23.1 Å². The maximum atomic E-state index is 13.3. The maximum Gasteiger partial charge on any atom is 0.161 e. The number of benzene rings is 2. The van der Waals surface area contributed by atoms with E-state index in [-0.39, 0.29) is 17.5 Å². The predicted molar refractivity (Wildman–Crippen MR) is 140 cm³/mol. The van der Waals surface area contributed by atoms with Crippen LogP contribution in [0, 0.1) is 13.8 Å². The molecule has 0 aromatic heterocycles. The summed E-state index contributed by atoms with van der Waals surface area (Å²) in [6.45, 7) is 7.49. The van der Waals surface area contributed by atoms with Gasteiger partial charge in [-0.2, -0.15) is 0 Å². The zero-order valence-electron chi connectivity index (χ0n) is 21.8. The lowest BCUT2D eigenvalue weighted by Gasteiger charge is -2.43. The minimum absolute atomic E-state index is 0.165. The molecule has 0 saturated heterocycles. The Bertz CT molecular complexity index is 1220. The van der Waals surface area contributed by atoms with Crippen molar-refractivity contribution >= 4 is 11.6 Å². The van der Waals surface area contributed by atoms with Crippen LogP contribution in [0.3, 0.4) is 0 Å². The minimum atomic E-state index is -0.333. The zero-order chi connectivity index (χ0) is 25.4.